The van der Waals surface area contributed by atoms with Gasteiger partial charge in [-0.1, -0.05) is 0 Å². The van der Waals surface area contributed by atoms with Crippen LogP contribution < -0.4 is 0 Å². The maximum atomic E-state index is 12.5. The first-order valence-electron chi connectivity index (χ1n) is 7.65. The third-order valence-corrected chi connectivity index (χ3v) is 6.69. The molecule has 1 aliphatic heterocycles. The molecule has 24 heavy (non-hydrogen) atoms. The molecule has 1 saturated carbocycles. The van der Waals surface area contributed by atoms with Gasteiger partial charge in [0.2, 0.25) is 10.0 Å². The monoisotopic (exact) mass is 362 g/mol. The minimum Gasteiger partial charge on any atom is -0.336 e. The lowest BCUT2D eigenvalue weighted by molar-refractivity contribution is -0.137. The highest BCUT2D eigenvalue weighted by atomic mass is 32.2. The van der Waals surface area contributed by atoms with E-state index in [0.29, 0.717) is 12.8 Å². The van der Waals surface area contributed by atoms with Crippen molar-refractivity contribution in [3.05, 3.63) is 35.4 Å². The number of nitrogens with zero attached hydrogens (tertiary/aromatic N) is 2. The Hall–Kier alpha value is -1.61. The van der Waals surface area contributed by atoms with Gasteiger partial charge in [-0.3, -0.25) is 4.79 Å². The second-order valence-electron chi connectivity index (χ2n) is 6.01. The maximum absolute atomic E-state index is 12.5. The number of benzene rings is 1. The molecule has 0 radical (unpaired) electrons. The summed E-state index contributed by atoms with van der Waals surface area (Å²) in [6, 6.07) is 4.05. The molecule has 1 aromatic rings. The number of sulfonamides is 1. The molecule has 9 heteroatoms. The zero-order chi connectivity index (χ0) is 17.5. The van der Waals surface area contributed by atoms with E-state index in [1.165, 1.54) is 9.21 Å². The van der Waals surface area contributed by atoms with Crippen molar-refractivity contribution in [2.45, 2.75) is 24.3 Å². The van der Waals surface area contributed by atoms with E-state index in [0.717, 1.165) is 24.3 Å². The summed E-state index contributed by atoms with van der Waals surface area (Å²) < 4.78 is 63.3. The Balaban J connectivity index is 1.63. The molecule has 0 aromatic heterocycles. The fraction of sp³-hybridized carbons (Fsp3) is 0.533. The Morgan fingerprint density at radius 3 is 2.00 bits per heavy atom. The summed E-state index contributed by atoms with van der Waals surface area (Å²) in [7, 11) is -3.25. The first kappa shape index (κ1) is 17.2. The van der Waals surface area contributed by atoms with Crippen LogP contribution in [0.1, 0.15) is 28.8 Å². The first-order chi connectivity index (χ1) is 11.2. The summed E-state index contributed by atoms with van der Waals surface area (Å²) in [6.07, 6.45) is -3.07. The SMILES string of the molecule is O=C(c1ccc(C(F)(F)F)cc1)N1CCN(S(=O)(=O)C2CC2)CC1. The van der Waals surface area contributed by atoms with Gasteiger partial charge in [0.05, 0.1) is 10.8 Å². The molecule has 1 aliphatic carbocycles. The molecule has 132 valence electrons. The van der Waals surface area contributed by atoms with Crippen LogP contribution in [0.2, 0.25) is 0 Å². The first-order valence-corrected chi connectivity index (χ1v) is 9.15. The van der Waals surface area contributed by atoms with Crippen molar-refractivity contribution >= 4 is 15.9 Å². The quantitative estimate of drug-likeness (QED) is 0.826. The van der Waals surface area contributed by atoms with Crippen LogP contribution in [0.25, 0.3) is 0 Å². The van der Waals surface area contributed by atoms with E-state index in [9.17, 15) is 26.4 Å². The zero-order valence-electron chi connectivity index (χ0n) is 12.8. The summed E-state index contributed by atoms with van der Waals surface area (Å²) in [5, 5.41) is -0.283. The van der Waals surface area contributed by atoms with Gasteiger partial charge in [-0.15, -0.1) is 0 Å². The van der Waals surface area contributed by atoms with E-state index >= 15 is 0 Å². The summed E-state index contributed by atoms with van der Waals surface area (Å²) in [5.41, 5.74) is -0.638. The predicted octanol–water partition coefficient (Wildman–Crippen LogP) is 1.96. The molecular weight excluding hydrogens is 345 g/mol. The van der Waals surface area contributed by atoms with Gasteiger partial charge in [0.15, 0.2) is 0 Å². The van der Waals surface area contributed by atoms with Crippen LogP contribution in [0.15, 0.2) is 24.3 Å². The van der Waals surface area contributed by atoms with Crippen LogP contribution in [0.3, 0.4) is 0 Å². The molecule has 0 atom stereocenters. The molecular formula is C15H17F3N2O3S. The number of carbonyl (C=O) groups excluding carboxylic acids is 1. The van der Waals surface area contributed by atoms with Crippen LogP contribution >= 0.6 is 0 Å². The predicted molar refractivity (Wildman–Crippen MR) is 80.9 cm³/mol. The third-order valence-electron chi connectivity index (χ3n) is 4.29. The number of piperazine rings is 1. The molecule has 3 rings (SSSR count). The average molecular weight is 362 g/mol. The van der Waals surface area contributed by atoms with E-state index < -0.39 is 21.8 Å². The van der Waals surface area contributed by atoms with Gasteiger partial charge in [-0.2, -0.15) is 17.5 Å². The number of halogens is 3. The molecule has 2 aliphatic rings. The number of alkyl halides is 3. The Kier molecular flexibility index (Phi) is 4.33. The van der Waals surface area contributed by atoms with E-state index in [2.05, 4.69) is 0 Å². The van der Waals surface area contributed by atoms with Crippen LogP contribution in [-0.2, 0) is 16.2 Å². The molecule has 2 fully saturated rings. The molecule has 1 amide bonds. The summed E-state index contributed by atoms with van der Waals surface area (Å²) in [5.74, 6) is -0.382. The average Bonchev–Trinajstić information content (AvgIpc) is 3.39. The highest BCUT2D eigenvalue weighted by Crippen LogP contribution is 2.32. The minimum atomic E-state index is -4.44. The van der Waals surface area contributed by atoms with E-state index in [1.807, 2.05) is 0 Å². The second kappa shape index (κ2) is 6.03. The van der Waals surface area contributed by atoms with Gasteiger partial charge >= 0.3 is 6.18 Å². The van der Waals surface area contributed by atoms with Crippen molar-refractivity contribution in [2.75, 3.05) is 26.2 Å². The molecule has 1 heterocycles. The maximum Gasteiger partial charge on any atom is 0.416 e. The van der Waals surface area contributed by atoms with E-state index in [1.54, 1.807) is 0 Å². The van der Waals surface area contributed by atoms with Gasteiger partial charge in [0.1, 0.15) is 0 Å². The molecule has 0 bridgehead atoms. The molecule has 1 saturated heterocycles. The highest BCUT2D eigenvalue weighted by molar-refractivity contribution is 7.90. The summed E-state index contributed by atoms with van der Waals surface area (Å²) >= 11 is 0. The normalized spacial score (nSPS) is 20.2. The fourth-order valence-electron chi connectivity index (χ4n) is 2.71. The van der Waals surface area contributed by atoms with Gasteiger partial charge in [-0.05, 0) is 37.1 Å². The number of amides is 1. The van der Waals surface area contributed by atoms with Crippen molar-refractivity contribution < 1.29 is 26.4 Å². The fourth-order valence-corrected chi connectivity index (χ4v) is 4.53. The second-order valence-corrected chi connectivity index (χ2v) is 8.22. The Morgan fingerprint density at radius 1 is 1.00 bits per heavy atom. The highest BCUT2D eigenvalue weighted by Gasteiger charge is 2.41. The lowest BCUT2D eigenvalue weighted by Crippen LogP contribution is -2.51. The molecule has 1 aromatic carbocycles. The Labute approximate surface area is 138 Å². The van der Waals surface area contributed by atoms with E-state index in [-0.39, 0.29) is 42.9 Å². The lowest BCUT2D eigenvalue weighted by atomic mass is 10.1. The van der Waals surface area contributed by atoms with Gasteiger partial charge in [0.25, 0.3) is 5.91 Å². The van der Waals surface area contributed by atoms with Crippen molar-refractivity contribution in [3.63, 3.8) is 0 Å². The van der Waals surface area contributed by atoms with Gasteiger partial charge in [-0.25, -0.2) is 8.42 Å². The third kappa shape index (κ3) is 3.41. The summed E-state index contributed by atoms with van der Waals surface area (Å²) in [6.45, 7) is 0.939. The van der Waals surface area contributed by atoms with Crippen molar-refractivity contribution in [1.82, 2.24) is 9.21 Å². The van der Waals surface area contributed by atoms with Crippen LogP contribution in [-0.4, -0.2) is 55.0 Å². The molecule has 0 N–H and O–H groups in total. The smallest absolute Gasteiger partial charge is 0.336 e. The van der Waals surface area contributed by atoms with E-state index in [4.69, 9.17) is 0 Å². The van der Waals surface area contributed by atoms with Crippen LogP contribution in [0.4, 0.5) is 13.2 Å². The number of hydrogen-bond acceptors (Lipinski definition) is 3. The Bertz CT molecular complexity index is 719. The number of rotatable bonds is 3. The largest absolute Gasteiger partial charge is 0.416 e. The van der Waals surface area contributed by atoms with Crippen LogP contribution in [0, 0.1) is 0 Å². The minimum absolute atomic E-state index is 0.168. The topological polar surface area (TPSA) is 57.7 Å². The molecule has 0 unspecified atom stereocenters. The van der Waals surface area contributed by atoms with Gasteiger partial charge < -0.3 is 4.90 Å². The Morgan fingerprint density at radius 2 is 1.54 bits per heavy atom. The zero-order valence-corrected chi connectivity index (χ0v) is 13.6. The standard InChI is InChI=1S/C15H17F3N2O3S/c16-15(17,18)12-3-1-11(2-4-12)14(21)19-7-9-20(10-8-19)24(22,23)13-5-6-13/h1-4,13H,5-10H2. The molecule has 5 nitrogen and oxygen atoms in total. The van der Waals surface area contributed by atoms with Crippen LogP contribution in [0.5, 0.6) is 0 Å². The number of hydrogen-bond donors (Lipinski definition) is 0. The molecule has 0 spiro atoms. The van der Waals surface area contributed by atoms with Crippen molar-refractivity contribution in [3.8, 4) is 0 Å². The van der Waals surface area contributed by atoms with Gasteiger partial charge in [0, 0.05) is 31.7 Å². The van der Waals surface area contributed by atoms with Crippen molar-refractivity contribution in [2.24, 2.45) is 0 Å². The lowest BCUT2D eigenvalue weighted by Gasteiger charge is -2.34. The number of carbonyl (C=O) groups is 1. The van der Waals surface area contributed by atoms with Crippen molar-refractivity contribution in [1.29, 1.82) is 0 Å². The summed E-state index contributed by atoms with van der Waals surface area (Å²) in [4.78, 5) is 13.8.